The molecule has 0 saturated heterocycles. The van der Waals surface area contributed by atoms with Gasteiger partial charge in [-0.05, 0) is 24.2 Å². The molecular formula is C11H22O. The second-order valence-electron chi connectivity index (χ2n) is 4.45. The van der Waals surface area contributed by atoms with Crippen molar-refractivity contribution in [3.63, 3.8) is 0 Å². The van der Waals surface area contributed by atoms with E-state index in [0.717, 1.165) is 12.3 Å². The average Bonchev–Trinajstić information content (AvgIpc) is 2.48. The monoisotopic (exact) mass is 170 g/mol. The molecule has 0 bridgehead atoms. The van der Waals surface area contributed by atoms with Crippen LogP contribution < -0.4 is 0 Å². The van der Waals surface area contributed by atoms with Gasteiger partial charge < -0.3 is 5.11 Å². The lowest BCUT2D eigenvalue weighted by molar-refractivity contribution is 0.0416. The molecule has 1 heteroatoms. The predicted octanol–water partition coefficient (Wildman–Crippen LogP) is 2.83. The Balaban J connectivity index is 2.45. The van der Waals surface area contributed by atoms with E-state index < -0.39 is 0 Å². The second kappa shape index (κ2) is 4.27. The molecule has 0 aromatic heterocycles. The number of aliphatic hydroxyl groups is 1. The minimum absolute atomic E-state index is 0.0486. The third kappa shape index (κ3) is 2.01. The molecule has 0 radical (unpaired) electrons. The molecule has 0 aromatic carbocycles. The van der Waals surface area contributed by atoms with Gasteiger partial charge in [0.2, 0.25) is 0 Å². The van der Waals surface area contributed by atoms with E-state index in [0.29, 0.717) is 11.8 Å². The normalized spacial score (nSPS) is 35.0. The molecule has 12 heavy (non-hydrogen) atoms. The van der Waals surface area contributed by atoms with Crippen molar-refractivity contribution < 1.29 is 5.11 Å². The van der Waals surface area contributed by atoms with Crippen LogP contribution in [0.4, 0.5) is 0 Å². The van der Waals surface area contributed by atoms with Crippen LogP contribution in [0, 0.1) is 17.8 Å². The van der Waals surface area contributed by atoms with Gasteiger partial charge in [0.25, 0.3) is 0 Å². The zero-order valence-corrected chi connectivity index (χ0v) is 8.59. The fraction of sp³-hybridized carbons (Fsp3) is 1.00. The van der Waals surface area contributed by atoms with Crippen molar-refractivity contribution in [2.24, 2.45) is 17.8 Å². The summed E-state index contributed by atoms with van der Waals surface area (Å²) in [5.74, 6) is 1.81. The lowest BCUT2D eigenvalue weighted by atomic mass is 9.84. The molecule has 1 nitrogen and oxygen atoms in total. The van der Waals surface area contributed by atoms with Crippen LogP contribution in [0.5, 0.6) is 0 Å². The SMILES string of the molecule is CCC(C)C(O)C1CCCC1C. The standard InChI is InChI=1S/C11H22O/c1-4-8(2)11(12)10-7-5-6-9(10)3/h8-12H,4-7H2,1-3H3. The number of hydrogen-bond donors (Lipinski definition) is 1. The Morgan fingerprint density at radius 2 is 2.08 bits per heavy atom. The van der Waals surface area contributed by atoms with E-state index >= 15 is 0 Å². The van der Waals surface area contributed by atoms with Crippen molar-refractivity contribution in [1.82, 2.24) is 0 Å². The maximum absolute atomic E-state index is 9.99. The first-order valence-electron chi connectivity index (χ1n) is 5.34. The molecule has 0 heterocycles. The lowest BCUT2D eigenvalue weighted by Gasteiger charge is -2.26. The third-order valence-corrected chi connectivity index (χ3v) is 3.59. The van der Waals surface area contributed by atoms with Gasteiger partial charge in [-0.3, -0.25) is 0 Å². The van der Waals surface area contributed by atoms with Crippen molar-refractivity contribution in [1.29, 1.82) is 0 Å². The van der Waals surface area contributed by atoms with Crippen LogP contribution in [-0.4, -0.2) is 11.2 Å². The van der Waals surface area contributed by atoms with E-state index in [2.05, 4.69) is 20.8 Å². The zero-order chi connectivity index (χ0) is 9.14. The highest BCUT2D eigenvalue weighted by Gasteiger charge is 2.31. The van der Waals surface area contributed by atoms with Crippen LogP contribution in [-0.2, 0) is 0 Å². The van der Waals surface area contributed by atoms with E-state index in [1.807, 2.05) is 0 Å². The molecule has 0 amide bonds. The third-order valence-electron chi connectivity index (χ3n) is 3.59. The maximum Gasteiger partial charge on any atom is 0.0596 e. The molecule has 1 fully saturated rings. The van der Waals surface area contributed by atoms with Gasteiger partial charge in [-0.15, -0.1) is 0 Å². The summed E-state index contributed by atoms with van der Waals surface area (Å²) in [5.41, 5.74) is 0. The summed E-state index contributed by atoms with van der Waals surface area (Å²) >= 11 is 0. The van der Waals surface area contributed by atoms with Crippen molar-refractivity contribution >= 4 is 0 Å². The Morgan fingerprint density at radius 3 is 2.50 bits per heavy atom. The molecule has 1 aliphatic carbocycles. The molecule has 4 unspecified atom stereocenters. The van der Waals surface area contributed by atoms with Crippen molar-refractivity contribution in [3.05, 3.63) is 0 Å². The Kier molecular flexibility index (Phi) is 3.57. The summed E-state index contributed by atoms with van der Waals surface area (Å²) in [6, 6.07) is 0. The van der Waals surface area contributed by atoms with E-state index in [1.54, 1.807) is 0 Å². The van der Waals surface area contributed by atoms with Crippen molar-refractivity contribution in [2.75, 3.05) is 0 Å². The number of aliphatic hydroxyl groups excluding tert-OH is 1. The van der Waals surface area contributed by atoms with E-state index in [1.165, 1.54) is 19.3 Å². The van der Waals surface area contributed by atoms with Gasteiger partial charge in [-0.1, -0.05) is 40.0 Å². The van der Waals surface area contributed by atoms with Crippen LogP contribution in [0.3, 0.4) is 0 Å². The van der Waals surface area contributed by atoms with Gasteiger partial charge in [0.05, 0.1) is 6.10 Å². The van der Waals surface area contributed by atoms with Crippen molar-refractivity contribution in [2.45, 2.75) is 52.6 Å². The van der Waals surface area contributed by atoms with E-state index in [-0.39, 0.29) is 6.10 Å². The molecule has 0 spiro atoms. The minimum atomic E-state index is -0.0486. The Morgan fingerprint density at radius 1 is 1.42 bits per heavy atom. The summed E-state index contributed by atoms with van der Waals surface area (Å²) in [5, 5.41) is 9.99. The Hall–Kier alpha value is -0.0400. The second-order valence-corrected chi connectivity index (χ2v) is 4.45. The highest BCUT2D eigenvalue weighted by Crippen LogP contribution is 2.36. The Labute approximate surface area is 76.2 Å². The highest BCUT2D eigenvalue weighted by molar-refractivity contribution is 4.82. The van der Waals surface area contributed by atoms with Crippen LogP contribution in [0.15, 0.2) is 0 Å². The van der Waals surface area contributed by atoms with Crippen LogP contribution in [0.1, 0.15) is 46.5 Å². The van der Waals surface area contributed by atoms with Gasteiger partial charge in [0.15, 0.2) is 0 Å². The molecule has 0 aromatic rings. The molecule has 72 valence electrons. The first-order valence-corrected chi connectivity index (χ1v) is 5.34. The zero-order valence-electron chi connectivity index (χ0n) is 8.59. The summed E-state index contributed by atoms with van der Waals surface area (Å²) in [7, 11) is 0. The molecule has 1 aliphatic rings. The summed E-state index contributed by atoms with van der Waals surface area (Å²) in [4.78, 5) is 0. The average molecular weight is 170 g/mol. The first-order chi connectivity index (χ1) is 5.66. The smallest absolute Gasteiger partial charge is 0.0596 e. The highest BCUT2D eigenvalue weighted by atomic mass is 16.3. The topological polar surface area (TPSA) is 20.2 Å². The molecule has 1 saturated carbocycles. The largest absolute Gasteiger partial charge is 0.393 e. The molecule has 0 aliphatic heterocycles. The van der Waals surface area contributed by atoms with Gasteiger partial charge in [0.1, 0.15) is 0 Å². The van der Waals surface area contributed by atoms with E-state index in [9.17, 15) is 5.11 Å². The summed E-state index contributed by atoms with van der Waals surface area (Å²) in [6.07, 6.45) is 4.93. The van der Waals surface area contributed by atoms with Gasteiger partial charge in [-0.2, -0.15) is 0 Å². The summed E-state index contributed by atoms with van der Waals surface area (Å²) in [6.45, 7) is 6.60. The molecule has 4 atom stereocenters. The first kappa shape index (κ1) is 10.0. The molecular weight excluding hydrogens is 148 g/mol. The fourth-order valence-electron chi connectivity index (χ4n) is 2.34. The quantitative estimate of drug-likeness (QED) is 0.690. The number of rotatable bonds is 3. The number of hydrogen-bond acceptors (Lipinski definition) is 1. The lowest BCUT2D eigenvalue weighted by Crippen LogP contribution is -2.28. The van der Waals surface area contributed by atoms with Crippen LogP contribution in [0.25, 0.3) is 0 Å². The van der Waals surface area contributed by atoms with Crippen LogP contribution in [0.2, 0.25) is 0 Å². The van der Waals surface area contributed by atoms with Crippen LogP contribution >= 0.6 is 0 Å². The van der Waals surface area contributed by atoms with Crippen molar-refractivity contribution in [3.8, 4) is 0 Å². The fourth-order valence-corrected chi connectivity index (χ4v) is 2.34. The minimum Gasteiger partial charge on any atom is -0.393 e. The summed E-state index contributed by atoms with van der Waals surface area (Å²) < 4.78 is 0. The molecule has 1 rings (SSSR count). The van der Waals surface area contributed by atoms with Gasteiger partial charge >= 0.3 is 0 Å². The van der Waals surface area contributed by atoms with Gasteiger partial charge in [-0.25, -0.2) is 0 Å². The van der Waals surface area contributed by atoms with E-state index in [4.69, 9.17) is 0 Å². The Bertz CT molecular complexity index is 133. The molecule has 1 N–H and O–H groups in total. The maximum atomic E-state index is 9.99. The van der Waals surface area contributed by atoms with Gasteiger partial charge in [0, 0.05) is 0 Å². The predicted molar refractivity (Wildman–Crippen MR) is 52.0 cm³/mol.